The van der Waals surface area contributed by atoms with Crippen LogP contribution in [0.2, 0.25) is 0 Å². The van der Waals surface area contributed by atoms with Crippen LogP contribution in [0.15, 0.2) is 42.6 Å². The second kappa shape index (κ2) is 5.36. The molecule has 0 unspecified atom stereocenters. The highest BCUT2D eigenvalue weighted by atomic mass is 16.1. The lowest BCUT2D eigenvalue weighted by Crippen LogP contribution is -2.17. The van der Waals surface area contributed by atoms with Crippen molar-refractivity contribution in [3.8, 4) is 5.69 Å². The van der Waals surface area contributed by atoms with E-state index in [4.69, 9.17) is 0 Å². The summed E-state index contributed by atoms with van der Waals surface area (Å²) in [5, 5.41) is 2.62. The molecule has 1 aromatic carbocycles. The third-order valence-electron chi connectivity index (χ3n) is 3.42. The number of hydrogen-bond donors (Lipinski definition) is 1. The predicted molar refractivity (Wildman–Crippen MR) is 81.6 cm³/mol. The zero-order valence-corrected chi connectivity index (χ0v) is 12.0. The summed E-state index contributed by atoms with van der Waals surface area (Å²) in [6.07, 6.45) is 2.58. The van der Waals surface area contributed by atoms with E-state index in [2.05, 4.69) is 22.2 Å². The summed E-state index contributed by atoms with van der Waals surface area (Å²) in [6.45, 7) is 2.07. The summed E-state index contributed by atoms with van der Waals surface area (Å²) in [6, 6.07) is 11.3. The van der Waals surface area contributed by atoms with E-state index in [-0.39, 0.29) is 5.91 Å². The van der Waals surface area contributed by atoms with Gasteiger partial charge in [0, 0.05) is 30.9 Å². The monoisotopic (exact) mass is 280 g/mol. The first kappa shape index (κ1) is 13.3. The minimum atomic E-state index is -0.0918. The van der Waals surface area contributed by atoms with Crippen molar-refractivity contribution in [3.63, 3.8) is 0 Å². The lowest BCUT2D eigenvalue weighted by molar-refractivity contribution is 0.0963. The Balaban J connectivity index is 2.13. The first-order valence-electron chi connectivity index (χ1n) is 6.89. The Morgan fingerprint density at radius 2 is 2.00 bits per heavy atom. The Morgan fingerprint density at radius 1 is 1.24 bits per heavy atom. The Labute approximate surface area is 122 Å². The van der Waals surface area contributed by atoms with Crippen LogP contribution < -0.4 is 5.32 Å². The first-order chi connectivity index (χ1) is 10.2. The molecule has 0 atom stereocenters. The molecule has 3 rings (SSSR count). The SMILES string of the molecule is CCc1nc2cccnc2n1-c1ccc(C(=O)NC)cc1. The van der Waals surface area contributed by atoms with E-state index >= 15 is 0 Å². The van der Waals surface area contributed by atoms with Gasteiger partial charge in [-0.1, -0.05) is 6.92 Å². The van der Waals surface area contributed by atoms with Crippen LogP contribution in [-0.2, 0) is 6.42 Å². The summed E-state index contributed by atoms with van der Waals surface area (Å²) in [7, 11) is 1.62. The molecule has 0 aliphatic heterocycles. The molecule has 0 bridgehead atoms. The molecule has 2 aromatic heterocycles. The van der Waals surface area contributed by atoms with Crippen LogP contribution in [0.25, 0.3) is 16.9 Å². The van der Waals surface area contributed by atoms with Gasteiger partial charge in [-0.25, -0.2) is 9.97 Å². The average Bonchev–Trinajstić information content (AvgIpc) is 2.92. The van der Waals surface area contributed by atoms with Crippen LogP contribution >= 0.6 is 0 Å². The molecule has 0 saturated carbocycles. The van der Waals surface area contributed by atoms with E-state index in [9.17, 15) is 4.79 Å². The highest BCUT2D eigenvalue weighted by Gasteiger charge is 2.12. The van der Waals surface area contributed by atoms with Crippen LogP contribution in [0, 0.1) is 0 Å². The Hall–Kier alpha value is -2.69. The van der Waals surface area contributed by atoms with Crippen LogP contribution in [0.5, 0.6) is 0 Å². The van der Waals surface area contributed by atoms with Crippen molar-refractivity contribution in [1.29, 1.82) is 0 Å². The number of aryl methyl sites for hydroxylation is 1. The van der Waals surface area contributed by atoms with E-state index < -0.39 is 0 Å². The molecular formula is C16H16N4O. The van der Waals surface area contributed by atoms with Crippen LogP contribution in [0.4, 0.5) is 0 Å². The van der Waals surface area contributed by atoms with Gasteiger partial charge in [-0.3, -0.25) is 9.36 Å². The Bertz CT molecular complexity index is 790. The van der Waals surface area contributed by atoms with Crippen molar-refractivity contribution in [2.45, 2.75) is 13.3 Å². The number of nitrogens with zero attached hydrogens (tertiary/aromatic N) is 3. The van der Waals surface area contributed by atoms with Crippen molar-refractivity contribution in [2.24, 2.45) is 0 Å². The summed E-state index contributed by atoms with van der Waals surface area (Å²) >= 11 is 0. The van der Waals surface area contributed by atoms with Gasteiger partial charge in [-0.05, 0) is 36.4 Å². The van der Waals surface area contributed by atoms with Crippen molar-refractivity contribution in [2.75, 3.05) is 7.05 Å². The molecule has 3 aromatic rings. The number of carbonyl (C=O) groups excluding carboxylic acids is 1. The predicted octanol–water partition coefficient (Wildman–Crippen LogP) is 2.34. The fourth-order valence-corrected chi connectivity index (χ4v) is 2.37. The molecule has 0 saturated heterocycles. The maximum Gasteiger partial charge on any atom is 0.251 e. The number of carbonyl (C=O) groups is 1. The second-order valence-electron chi connectivity index (χ2n) is 4.69. The molecule has 21 heavy (non-hydrogen) atoms. The standard InChI is InChI=1S/C16H16N4O/c1-3-14-19-13-5-4-10-18-15(13)20(14)12-8-6-11(7-9-12)16(21)17-2/h4-10H,3H2,1-2H3,(H,17,21). The second-order valence-corrected chi connectivity index (χ2v) is 4.69. The Morgan fingerprint density at radius 3 is 2.67 bits per heavy atom. The molecule has 0 fully saturated rings. The van der Waals surface area contributed by atoms with Crippen molar-refractivity contribution < 1.29 is 4.79 Å². The maximum atomic E-state index is 11.6. The molecule has 0 aliphatic rings. The number of amides is 1. The normalized spacial score (nSPS) is 10.8. The fraction of sp³-hybridized carbons (Fsp3) is 0.188. The number of benzene rings is 1. The number of aromatic nitrogens is 3. The van der Waals surface area contributed by atoms with Gasteiger partial charge in [-0.2, -0.15) is 0 Å². The van der Waals surface area contributed by atoms with Gasteiger partial charge < -0.3 is 5.32 Å². The highest BCUT2D eigenvalue weighted by Crippen LogP contribution is 2.20. The number of pyridine rings is 1. The van der Waals surface area contributed by atoms with Gasteiger partial charge in [0.15, 0.2) is 5.65 Å². The molecule has 0 spiro atoms. The molecular weight excluding hydrogens is 264 g/mol. The van der Waals surface area contributed by atoms with Crippen LogP contribution in [-0.4, -0.2) is 27.5 Å². The molecule has 1 amide bonds. The first-order valence-corrected chi connectivity index (χ1v) is 6.89. The molecule has 0 radical (unpaired) electrons. The third-order valence-corrected chi connectivity index (χ3v) is 3.42. The van der Waals surface area contributed by atoms with Crippen LogP contribution in [0.3, 0.4) is 0 Å². The number of hydrogen-bond acceptors (Lipinski definition) is 3. The topological polar surface area (TPSA) is 59.8 Å². The number of fused-ring (bicyclic) bond motifs is 1. The third kappa shape index (κ3) is 2.27. The van der Waals surface area contributed by atoms with Gasteiger partial charge in [0.25, 0.3) is 5.91 Å². The molecule has 5 heteroatoms. The van der Waals surface area contributed by atoms with Gasteiger partial charge in [0.1, 0.15) is 11.3 Å². The lowest BCUT2D eigenvalue weighted by Gasteiger charge is -2.08. The molecule has 106 valence electrons. The number of nitrogens with one attached hydrogen (secondary N) is 1. The van der Waals surface area contributed by atoms with Gasteiger partial charge >= 0.3 is 0 Å². The van der Waals surface area contributed by atoms with Crippen molar-refractivity contribution in [1.82, 2.24) is 19.9 Å². The number of imidazole rings is 1. The van der Waals surface area contributed by atoms with Crippen molar-refractivity contribution >= 4 is 17.1 Å². The largest absolute Gasteiger partial charge is 0.355 e. The minimum Gasteiger partial charge on any atom is -0.355 e. The van der Waals surface area contributed by atoms with Gasteiger partial charge in [0.2, 0.25) is 0 Å². The molecule has 2 heterocycles. The molecule has 5 nitrogen and oxygen atoms in total. The van der Waals surface area contributed by atoms with E-state index in [1.165, 1.54) is 0 Å². The van der Waals surface area contributed by atoms with Crippen molar-refractivity contribution in [3.05, 3.63) is 54.0 Å². The number of rotatable bonds is 3. The van der Waals surface area contributed by atoms with Gasteiger partial charge in [-0.15, -0.1) is 0 Å². The summed E-state index contributed by atoms with van der Waals surface area (Å²) in [5.74, 6) is 0.863. The maximum absolute atomic E-state index is 11.6. The van der Waals surface area contributed by atoms with E-state index in [1.54, 1.807) is 13.2 Å². The summed E-state index contributed by atoms with van der Waals surface area (Å²) in [5.41, 5.74) is 3.31. The zero-order chi connectivity index (χ0) is 14.8. The van der Waals surface area contributed by atoms with E-state index in [0.29, 0.717) is 5.56 Å². The molecule has 0 aliphatic carbocycles. The van der Waals surface area contributed by atoms with E-state index in [1.807, 2.05) is 41.0 Å². The fourth-order valence-electron chi connectivity index (χ4n) is 2.37. The lowest BCUT2D eigenvalue weighted by atomic mass is 10.2. The smallest absolute Gasteiger partial charge is 0.251 e. The summed E-state index contributed by atoms with van der Waals surface area (Å²) < 4.78 is 2.03. The Kier molecular flexibility index (Phi) is 3.39. The zero-order valence-electron chi connectivity index (χ0n) is 12.0. The highest BCUT2D eigenvalue weighted by molar-refractivity contribution is 5.94. The van der Waals surface area contributed by atoms with E-state index in [0.717, 1.165) is 29.1 Å². The van der Waals surface area contributed by atoms with Gasteiger partial charge in [0.05, 0.1) is 0 Å². The quantitative estimate of drug-likeness (QED) is 0.801. The van der Waals surface area contributed by atoms with Crippen LogP contribution in [0.1, 0.15) is 23.1 Å². The average molecular weight is 280 g/mol. The minimum absolute atomic E-state index is 0.0918. The molecule has 1 N–H and O–H groups in total. The summed E-state index contributed by atoms with van der Waals surface area (Å²) in [4.78, 5) is 20.6.